The van der Waals surface area contributed by atoms with Gasteiger partial charge in [0.2, 0.25) is 10.0 Å². The predicted octanol–water partition coefficient (Wildman–Crippen LogP) is 0.0951. The molecule has 0 radical (unpaired) electrons. The Bertz CT molecular complexity index is 557. The Kier molecular flexibility index (Phi) is 4.71. The number of benzene rings is 1. The number of sulfonamides is 1. The SMILES string of the molecule is CC(CS(C)=O)Nc1ccc(S(N)(=O)=O)c(N)c1. The van der Waals surface area contributed by atoms with Gasteiger partial charge in [0, 0.05) is 34.5 Å². The van der Waals surface area contributed by atoms with E-state index in [0.29, 0.717) is 11.4 Å². The molecule has 0 aliphatic carbocycles. The van der Waals surface area contributed by atoms with Crippen LogP contribution in [-0.4, -0.2) is 30.7 Å². The number of nitrogens with one attached hydrogen (secondary N) is 1. The van der Waals surface area contributed by atoms with Crippen LogP contribution in [0.15, 0.2) is 23.1 Å². The molecule has 102 valence electrons. The van der Waals surface area contributed by atoms with Gasteiger partial charge in [-0.05, 0) is 25.1 Å². The second kappa shape index (κ2) is 5.68. The first-order valence-corrected chi connectivity index (χ1v) is 8.46. The van der Waals surface area contributed by atoms with E-state index in [4.69, 9.17) is 10.9 Å². The monoisotopic (exact) mass is 291 g/mol. The molecule has 0 spiro atoms. The van der Waals surface area contributed by atoms with Crippen molar-refractivity contribution >= 4 is 32.2 Å². The quantitative estimate of drug-likeness (QED) is 0.665. The van der Waals surface area contributed by atoms with Gasteiger partial charge < -0.3 is 11.1 Å². The molecule has 0 bridgehead atoms. The first-order valence-electron chi connectivity index (χ1n) is 5.19. The molecule has 0 aromatic heterocycles. The lowest BCUT2D eigenvalue weighted by atomic mass is 10.2. The van der Waals surface area contributed by atoms with Crippen molar-refractivity contribution in [2.24, 2.45) is 5.14 Å². The van der Waals surface area contributed by atoms with Crippen LogP contribution in [0.5, 0.6) is 0 Å². The smallest absolute Gasteiger partial charge is 0.240 e. The van der Waals surface area contributed by atoms with Crippen LogP contribution in [0.25, 0.3) is 0 Å². The third kappa shape index (κ3) is 4.28. The van der Waals surface area contributed by atoms with Crippen molar-refractivity contribution in [1.82, 2.24) is 0 Å². The zero-order valence-electron chi connectivity index (χ0n) is 10.2. The van der Waals surface area contributed by atoms with Crippen LogP contribution in [0.3, 0.4) is 0 Å². The summed E-state index contributed by atoms with van der Waals surface area (Å²) >= 11 is 0. The van der Waals surface area contributed by atoms with E-state index in [1.54, 1.807) is 12.3 Å². The fourth-order valence-corrected chi connectivity index (χ4v) is 3.01. The van der Waals surface area contributed by atoms with Crippen LogP contribution >= 0.6 is 0 Å². The van der Waals surface area contributed by atoms with E-state index in [0.717, 1.165) is 0 Å². The van der Waals surface area contributed by atoms with Crippen LogP contribution in [-0.2, 0) is 20.8 Å². The molecule has 0 heterocycles. The second-order valence-electron chi connectivity index (χ2n) is 4.08. The summed E-state index contributed by atoms with van der Waals surface area (Å²) in [5.41, 5.74) is 6.38. The highest BCUT2D eigenvalue weighted by Gasteiger charge is 2.13. The van der Waals surface area contributed by atoms with E-state index in [9.17, 15) is 12.6 Å². The largest absolute Gasteiger partial charge is 0.398 e. The van der Waals surface area contributed by atoms with Crippen molar-refractivity contribution in [3.05, 3.63) is 18.2 Å². The lowest BCUT2D eigenvalue weighted by molar-refractivity contribution is 0.598. The summed E-state index contributed by atoms with van der Waals surface area (Å²) in [5, 5.41) is 8.09. The molecule has 0 fully saturated rings. The van der Waals surface area contributed by atoms with Crippen molar-refractivity contribution < 1.29 is 12.6 Å². The average Bonchev–Trinajstić information content (AvgIpc) is 2.13. The molecule has 6 nitrogen and oxygen atoms in total. The van der Waals surface area contributed by atoms with E-state index in [1.165, 1.54) is 12.1 Å². The Labute approximate surface area is 109 Å². The van der Waals surface area contributed by atoms with Crippen molar-refractivity contribution in [2.45, 2.75) is 17.9 Å². The van der Waals surface area contributed by atoms with Gasteiger partial charge in [-0.25, -0.2) is 13.6 Å². The molecule has 1 aromatic carbocycles. The van der Waals surface area contributed by atoms with Crippen molar-refractivity contribution in [1.29, 1.82) is 0 Å². The van der Waals surface area contributed by atoms with E-state index in [2.05, 4.69) is 5.32 Å². The Hall–Kier alpha value is -1.12. The molecule has 1 aromatic rings. The minimum Gasteiger partial charge on any atom is -0.398 e. The molecular weight excluding hydrogens is 274 g/mol. The van der Waals surface area contributed by atoms with Gasteiger partial charge in [-0.3, -0.25) is 4.21 Å². The second-order valence-corrected chi connectivity index (χ2v) is 7.09. The van der Waals surface area contributed by atoms with Crippen LogP contribution in [0.4, 0.5) is 11.4 Å². The van der Waals surface area contributed by atoms with Gasteiger partial charge in [0.25, 0.3) is 0 Å². The summed E-state index contributed by atoms with van der Waals surface area (Å²) in [5.74, 6) is 0.497. The van der Waals surface area contributed by atoms with Crippen molar-refractivity contribution in [3.8, 4) is 0 Å². The number of hydrogen-bond donors (Lipinski definition) is 3. The molecule has 0 aliphatic heterocycles. The highest BCUT2D eigenvalue weighted by molar-refractivity contribution is 7.89. The number of primary sulfonamides is 1. The van der Waals surface area contributed by atoms with Crippen LogP contribution < -0.4 is 16.2 Å². The molecule has 0 saturated carbocycles. The number of nitrogens with two attached hydrogens (primary N) is 2. The maximum atomic E-state index is 11.2. The number of hydrogen-bond acceptors (Lipinski definition) is 5. The Morgan fingerprint density at radius 3 is 2.50 bits per heavy atom. The fraction of sp³-hybridized carbons (Fsp3) is 0.400. The molecule has 2 atom stereocenters. The van der Waals surface area contributed by atoms with Gasteiger partial charge in [0.1, 0.15) is 4.90 Å². The number of anilines is 2. The predicted molar refractivity (Wildman–Crippen MR) is 74.2 cm³/mol. The first-order chi connectivity index (χ1) is 8.20. The summed E-state index contributed by atoms with van der Waals surface area (Å²) in [7, 11) is -4.70. The van der Waals surface area contributed by atoms with Gasteiger partial charge in [-0.15, -0.1) is 0 Å². The van der Waals surface area contributed by atoms with Crippen LogP contribution in [0.2, 0.25) is 0 Å². The number of nitrogen functional groups attached to an aromatic ring is 1. The minimum absolute atomic E-state index is 0.00410. The topological polar surface area (TPSA) is 115 Å². The summed E-state index contributed by atoms with van der Waals surface area (Å²) < 4.78 is 33.4. The highest BCUT2D eigenvalue weighted by Crippen LogP contribution is 2.21. The lowest BCUT2D eigenvalue weighted by Gasteiger charge is -2.15. The number of rotatable bonds is 5. The summed E-state index contributed by atoms with van der Waals surface area (Å²) in [4.78, 5) is -0.0974. The fourth-order valence-electron chi connectivity index (χ4n) is 1.58. The third-order valence-electron chi connectivity index (χ3n) is 2.21. The standard InChI is InChI=1S/C10H17N3O3S2/c1-7(6-17(2)14)13-8-3-4-10(9(11)5-8)18(12,15)16/h3-5,7,13H,6,11H2,1-2H3,(H2,12,15,16). The molecule has 2 unspecified atom stereocenters. The third-order valence-corrected chi connectivity index (χ3v) is 4.17. The van der Waals surface area contributed by atoms with Gasteiger partial charge in [0.05, 0.1) is 5.69 Å². The summed E-state index contributed by atoms with van der Waals surface area (Å²) in [6.45, 7) is 1.88. The molecule has 5 N–H and O–H groups in total. The average molecular weight is 291 g/mol. The van der Waals surface area contributed by atoms with Gasteiger partial charge in [-0.2, -0.15) is 0 Å². The van der Waals surface area contributed by atoms with E-state index >= 15 is 0 Å². The zero-order chi connectivity index (χ0) is 13.9. The molecule has 1 rings (SSSR count). The van der Waals surface area contributed by atoms with Crippen molar-refractivity contribution in [3.63, 3.8) is 0 Å². The molecule has 0 amide bonds. The lowest BCUT2D eigenvalue weighted by Crippen LogP contribution is -2.22. The van der Waals surface area contributed by atoms with Gasteiger partial charge in [0.15, 0.2) is 0 Å². The Balaban J connectivity index is 2.89. The highest BCUT2D eigenvalue weighted by atomic mass is 32.2. The molecular formula is C10H17N3O3S2. The summed E-state index contributed by atoms with van der Waals surface area (Å²) in [6.07, 6.45) is 1.62. The molecule has 0 saturated heterocycles. The van der Waals surface area contributed by atoms with Crippen LogP contribution in [0, 0.1) is 0 Å². The molecule has 0 aliphatic rings. The van der Waals surface area contributed by atoms with E-state index in [-0.39, 0.29) is 16.6 Å². The molecule has 18 heavy (non-hydrogen) atoms. The summed E-state index contributed by atoms with van der Waals surface area (Å²) in [6, 6.07) is 4.42. The van der Waals surface area contributed by atoms with Gasteiger partial charge in [-0.1, -0.05) is 0 Å². The Morgan fingerprint density at radius 1 is 1.44 bits per heavy atom. The zero-order valence-corrected chi connectivity index (χ0v) is 11.8. The van der Waals surface area contributed by atoms with E-state index in [1.807, 2.05) is 6.92 Å². The van der Waals surface area contributed by atoms with Crippen molar-refractivity contribution in [2.75, 3.05) is 23.1 Å². The molecule has 8 heteroatoms. The maximum Gasteiger partial charge on any atom is 0.240 e. The maximum absolute atomic E-state index is 11.2. The first kappa shape index (κ1) is 14.9. The van der Waals surface area contributed by atoms with Gasteiger partial charge >= 0.3 is 0 Å². The van der Waals surface area contributed by atoms with Crippen LogP contribution in [0.1, 0.15) is 6.92 Å². The Morgan fingerprint density at radius 2 is 2.06 bits per heavy atom. The van der Waals surface area contributed by atoms with E-state index < -0.39 is 20.8 Å². The normalized spacial score (nSPS) is 15.1. The minimum atomic E-state index is -3.80.